The van der Waals surface area contributed by atoms with Gasteiger partial charge >= 0.3 is 0 Å². The Bertz CT molecular complexity index is 1060. The molecule has 0 N–H and O–H groups in total. The molecule has 0 spiro atoms. The van der Waals surface area contributed by atoms with Crippen LogP contribution in [0, 0.1) is 5.82 Å². The molecule has 1 heterocycles. The molecule has 1 saturated heterocycles. The third-order valence-electron chi connectivity index (χ3n) is 4.91. The molecule has 0 atom stereocenters. The number of halogens is 1. The normalized spacial score (nSPS) is 16.0. The van der Waals surface area contributed by atoms with E-state index in [-0.39, 0.29) is 18.3 Å². The van der Waals surface area contributed by atoms with E-state index in [1.165, 1.54) is 23.9 Å². The zero-order valence-corrected chi connectivity index (χ0v) is 20.1. The van der Waals surface area contributed by atoms with Crippen molar-refractivity contribution in [1.82, 2.24) is 4.90 Å². The summed E-state index contributed by atoms with van der Waals surface area (Å²) in [5.41, 5.74) is 2.59. The molecule has 0 aliphatic carbocycles. The lowest BCUT2D eigenvalue weighted by Gasteiger charge is -2.17. The van der Waals surface area contributed by atoms with Crippen molar-refractivity contribution in [2.45, 2.75) is 33.8 Å². The van der Waals surface area contributed by atoms with Crippen LogP contribution in [0.3, 0.4) is 0 Å². The van der Waals surface area contributed by atoms with E-state index in [1.54, 1.807) is 23.1 Å². The molecule has 2 aromatic rings. The van der Waals surface area contributed by atoms with E-state index in [2.05, 4.69) is 11.6 Å². The van der Waals surface area contributed by atoms with Crippen LogP contribution >= 0.6 is 11.8 Å². The summed E-state index contributed by atoms with van der Waals surface area (Å²) in [5.74, 6) is 0.884. The van der Waals surface area contributed by atoms with Crippen LogP contribution in [-0.2, 0) is 17.8 Å². The van der Waals surface area contributed by atoms with Crippen molar-refractivity contribution in [2.75, 3.05) is 19.7 Å². The molecule has 174 valence electrons. The largest absolute Gasteiger partial charge is 0.490 e. The number of ether oxygens (including phenoxy) is 2. The van der Waals surface area contributed by atoms with Crippen molar-refractivity contribution < 1.29 is 18.7 Å². The highest BCUT2D eigenvalue weighted by Gasteiger charge is 2.32. The maximum atomic E-state index is 13.2. The topological polar surface area (TPSA) is 51.1 Å². The Hall–Kier alpha value is -3.06. The third-order valence-corrected chi connectivity index (χ3v) is 5.95. The Labute approximate surface area is 199 Å². The molecule has 33 heavy (non-hydrogen) atoms. The fourth-order valence-corrected chi connectivity index (χ4v) is 4.53. The number of hydrogen-bond donors (Lipinski definition) is 0. The summed E-state index contributed by atoms with van der Waals surface area (Å²) in [6.07, 6.45) is 4.24. The molecular weight excluding hydrogens is 439 g/mol. The summed E-state index contributed by atoms with van der Waals surface area (Å²) in [5, 5.41) is 0.729. The first-order chi connectivity index (χ1) is 16.0. The van der Waals surface area contributed by atoms with Crippen molar-refractivity contribution >= 4 is 28.9 Å². The zero-order chi connectivity index (χ0) is 23.8. The lowest BCUT2D eigenvalue weighted by molar-refractivity contribution is -0.122. The van der Waals surface area contributed by atoms with Gasteiger partial charge in [-0.1, -0.05) is 18.2 Å². The van der Waals surface area contributed by atoms with E-state index >= 15 is 0 Å². The van der Waals surface area contributed by atoms with Crippen LogP contribution in [0.4, 0.5) is 4.39 Å². The third kappa shape index (κ3) is 6.05. The molecule has 5 nitrogen and oxygen atoms in total. The van der Waals surface area contributed by atoms with Crippen molar-refractivity contribution in [2.24, 2.45) is 4.99 Å². The van der Waals surface area contributed by atoms with Gasteiger partial charge in [-0.2, -0.15) is 0 Å². The van der Waals surface area contributed by atoms with Crippen molar-refractivity contribution in [3.05, 3.63) is 76.5 Å². The quantitative estimate of drug-likeness (QED) is 0.325. The molecule has 1 fully saturated rings. The van der Waals surface area contributed by atoms with Crippen LogP contribution in [0.15, 0.2) is 59.0 Å². The summed E-state index contributed by atoms with van der Waals surface area (Å²) in [6, 6.07) is 10.1. The number of amides is 1. The second-order valence-corrected chi connectivity index (χ2v) is 8.27. The second kappa shape index (κ2) is 11.7. The number of aliphatic imine (C=N–C) groups is 1. The number of likely N-dealkylation sites (N-methyl/N-ethyl adjacent to an activating group) is 1. The average Bonchev–Trinajstić information content (AvgIpc) is 3.09. The van der Waals surface area contributed by atoms with Crippen LogP contribution in [0.1, 0.15) is 37.5 Å². The SMILES string of the molecule is C=CCc1cc(/C=C2/SC(=NCC)N(CC)C2=O)cc(OCC)c1OCc1ccc(F)cc1. The Morgan fingerprint density at radius 3 is 2.55 bits per heavy atom. The summed E-state index contributed by atoms with van der Waals surface area (Å²) in [7, 11) is 0. The smallest absolute Gasteiger partial charge is 0.266 e. The van der Waals surface area contributed by atoms with Gasteiger partial charge in [-0.15, -0.1) is 6.58 Å². The predicted octanol–water partition coefficient (Wildman–Crippen LogP) is 5.84. The van der Waals surface area contributed by atoms with Gasteiger partial charge in [0.25, 0.3) is 5.91 Å². The molecular formula is C26H29FN2O3S. The highest BCUT2D eigenvalue weighted by Crippen LogP contribution is 2.37. The number of hydrogen-bond acceptors (Lipinski definition) is 5. The number of carbonyl (C=O) groups is 1. The van der Waals surface area contributed by atoms with Crippen LogP contribution in [0.5, 0.6) is 11.5 Å². The van der Waals surface area contributed by atoms with E-state index < -0.39 is 0 Å². The molecule has 1 aliphatic heterocycles. The van der Waals surface area contributed by atoms with Crippen molar-refractivity contribution in [3.8, 4) is 11.5 Å². The minimum atomic E-state index is -0.286. The van der Waals surface area contributed by atoms with E-state index in [9.17, 15) is 9.18 Å². The van der Waals surface area contributed by atoms with E-state index in [1.807, 2.05) is 39.0 Å². The molecule has 1 amide bonds. The highest BCUT2D eigenvalue weighted by atomic mass is 32.2. The lowest BCUT2D eigenvalue weighted by Crippen LogP contribution is -2.28. The maximum absolute atomic E-state index is 13.2. The number of benzene rings is 2. The fourth-order valence-electron chi connectivity index (χ4n) is 3.43. The Balaban J connectivity index is 1.96. The number of carbonyl (C=O) groups excluding carboxylic acids is 1. The van der Waals surface area contributed by atoms with Crippen LogP contribution in [0.25, 0.3) is 6.08 Å². The van der Waals surface area contributed by atoms with Crippen LogP contribution in [-0.4, -0.2) is 35.7 Å². The molecule has 0 aromatic heterocycles. The molecule has 3 rings (SSSR count). The first-order valence-corrected chi connectivity index (χ1v) is 11.9. The van der Waals surface area contributed by atoms with Gasteiger partial charge in [0.1, 0.15) is 12.4 Å². The van der Waals surface area contributed by atoms with E-state index in [0.29, 0.717) is 42.5 Å². The fraction of sp³-hybridized carbons (Fsp3) is 0.308. The molecule has 0 bridgehead atoms. The summed E-state index contributed by atoms with van der Waals surface area (Å²) in [4.78, 5) is 19.6. The predicted molar refractivity (Wildman–Crippen MR) is 133 cm³/mol. The molecule has 1 aliphatic rings. The molecule has 0 saturated carbocycles. The number of amidine groups is 1. The molecule has 2 aromatic carbocycles. The number of nitrogens with zero attached hydrogens (tertiary/aromatic N) is 2. The first-order valence-electron chi connectivity index (χ1n) is 11.0. The van der Waals surface area contributed by atoms with Gasteiger partial charge in [-0.25, -0.2) is 4.39 Å². The van der Waals surface area contributed by atoms with E-state index in [4.69, 9.17) is 9.47 Å². The zero-order valence-electron chi connectivity index (χ0n) is 19.3. The van der Waals surface area contributed by atoms with Crippen LogP contribution < -0.4 is 9.47 Å². The Morgan fingerprint density at radius 1 is 1.15 bits per heavy atom. The maximum Gasteiger partial charge on any atom is 0.266 e. The van der Waals surface area contributed by atoms with Gasteiger partial charge in [-0.3, -0.25) is 14.7 Å². The molecule has 7 heteroatoms. The Morgan fingerprint density at radius 2 is 1.91 bits per heavy atom. The van der Waals surface area contributed by atoms with Gasteiger partial charge in [0, 0.05) is 18.7 Å². The lowest BCUT2D eigenvalue weighted by atomic mass is 10.0. The first kappa shape index (κ1) is 24.6. The highest BCUT2D eigenvalue weighted by molar-refractivity contribution is 8.18. The van der Waals surface area contributed by atoms with Gasteiger partial charge < -0.3 is 9.47 Å². The molecule has 0 radical (unpaired) electrons. The van der Waals surface area contributed by atoms with Gasteiger partial charge in [-0.05, 0) is 80.4 Å². The monoisotopic (exact) mass is 468 g/mol. The Kier molecular flexibility index (Phi) is 8.72. The number of allylic oxidation sites excluding steroid dienone is 1. The summed E-state index contributed by atoms with van der Waals surface area (Å²) >= 11 is 1.39. The minimum Gasteiger partial charge on any atom is -0.490 e. The van der Waals surface area contributed by atoms with Crippen molar-refractivity contribution in [3.63, 3.8) is 0 Å². The number of rotatable bonds is 10. The van der Waals surface area contributed by atoms with Gasteiger partial charge in [0.05, 0.1) is 11.5 Å². The van der Waals surface area contributed by atoms with Gasteiger partial charge in [0.15, 0.2) is 16.7 Å². The number of thioether (sulfide) groups is 1. The summed E-state index contributed by atoms with van der Waals surface area (Å²) in [6.45, 7) is 11.6. The molecule has 0 unspecified atom stereocenters. The van der Waals surface area contributed by atoms with Crippen LogP contribution in [0.2, 0.25) is 0 Å². The second-order valence-electron chi connectivity index (χ2n) is 7.27. The summed E-state index contributed by atoms with van der Waals surface area (Å²) < 4.78 is 25.2. The minimum absolute atomic E-state index is 0.0467. The van der Waals surface area contributed by atoms with Gasteiger partial charge in [0.2, 0.25) is 0 Å². The van der Waals surface area contributed by atoms with E-state index in [0.717, 1.165) is 21.9 Å². The average molecular weight is 469 g/mol. The van der Waals surface area contributed by atoms with Crippen molar-refractivity contribution in [1.29, 1.82) is 0 Å². The standard InChI is InChI=1S/C26H29FN2O3S/c1-5-9-20-14-19(16-23-25(30)29(7-3)26(33-23)28-6-2)15-22(31-8-4)24(20)32-17-18-10-12-21(27)13-11-18/h5,10-16H,1,6-9,17H2,2-4H3/b23-16+,28-26?.